The molecule has 3 aromatic rings. The van der Waals surface area contributed by atoms with E-state index >= 15 is 0 Å². The minimum atomic E-state index is 0.270. The van der Waals surface area contributed by atoms with Crippen LogP contribution in [0.15, 0.2) is 36.5 Å². The van der Waals surface area contributed by atoms with Crippen LogP contribution in [0.1, 0.15) is 31.5 Å². The van der Waals surface area contributed by atoms with Gasteiger partial charge in [-0.1, -0.05) is 0 Å². The van der Waals surface area contributed by atoms with Gasteiger partial charge in [-0.15, -0.1) is 0 Å². The van der Waals surface area contributed by atoms with E-state index in [1.807, 2.05) is 18.3 Å². The van der Waals surface area contributed by atoms with Crippen LogP contribution in [-0.2, 0) is 0 Å². The molecule has 2 atom stereocenters. The number of piperidine rings is 1. The summed E-state index contributed by atoms with van der Waals surface area (Å²) in [6, 6.07) is 9.73. The van der Waals surface area contributed by atoms with E-state index in [-0.39, 0.29) is 5.75 Å². The molecule has 0 spiro atoms. The van der Waals surface area contributed by atoms with Crippen LogP contribution in [0, 0.1) is 0 Å². The molecule has 1 saturated heterocycles. The predicted molar refractivity (Wildman–Crippen MR) is 90.4 cm³/mol. The molecule has 1 aromatic carbocycles. The number of nitrogens with zero attached hydrogens (tertiary/aromatic N) is 2. The molecule has 0 saturated carbocycles. The van der Waals surface area contributed by atoms with Gasteiger partial charge >= 0.3 is 0 Å². The molecule has 1 aliphatic rings. The van der Waals surface area contributed by atoms with E-state index < -0.39 is 0 Å². The summed E-state index contributed by atoms with van der Waals surface area (Å²) in [4.78, 5) is 12.7. The number of aromatic amines is 1. The maximum Gasteiger partial charge on any atom is 0.132 e. The van der Waals surface area contributed by atoms with E-state index in [2.05, 4.69) is 28.3 Å². The molecule has 2 unspecified atom stereocenters. The van der Waals surface area contributed by atoms with Crippen molar-refractivity contribution in [2.45, 2.75) is 31.7 Å². The van der Waals surface area contributed by atoms with Crippen LogP contribution >= 0.6 is 0 Å². The van der Waals surface area contributed by atoms with E-state index in [9.17, 15) is 5.11 Å². The zero-order valence-electron chi connectivity index (χ0n) is 13.1. The Balaban J connectivity index is 1.68. The van der Waals surface area contributed by atoms with Crippen molar-refractivity contribution in [3.8, 4) is 17.0 Å². The molecule has 0 amide bonds. The first-order chi connectivity index (χ1) is 11.2. The van der Waals surface area contributed by atoms with Gasteiger partial charge in [-0.2, -0.15) is 0 Å². The molecule has 3 heterocycles. The molecule has 23 heavy (non-hydrogen) atoms. The van der Waals surface area contributed by atoms with Crippen molar-refractivity contribution in [3.05, 3.63) is 42.4 Å². The number of hydrogen-bond acceptors (Lipinski definition) is 4. The molecule has 2 aromatic heterocycles. The minimum absolute atomic E-state index is 0.270. The summed E-state index contributed by atoms with van der Waals surface area (Å²) >= 11 is 0. The van der Waals surface area contributed by atoms with Gasteiger partial charge < -0.3 is 15.4 Å². The van der Waals surface area contributed by atoms with Crippen LogP contribution in [0.5, 0.6) is 5.75 Å². The van der Waals surface area contributed by atoms with E-state index in [1.165, 1.54) is 0 Å². The average molecular weight is 308 g/mol. The van der Waals surface area contributed by atoms with E-state index in [0.717, 1.165) is 47.5 Å². The van der Waals surface area contributed by atoms with Crippen LogP contribution in [0.4, 0.5) is 0 Å². The normalized spacial score (nSPS) is 21.6. The first kappa shape index (κ1) is 14.2. The summed E-state index contributed by atoms with van der Waals surface area (Å²) in [7, 11) is 0. The summed E-state index contributed by atoms with van der Waals surface area (Å²) in [6.07, 6.45) is 4.06. The Hall–Kier alpha value is -2.40. The Morgan fingerprint density at radius 2 is 2.04 bits per heavy atom. The fraction of sp³-hybridized carbons (Fsp3) is 0.333. The number of hydrogen-bond donors (Lipinski definition) is 3. The molecule has 118 valence electrons. The second kappa shape index (κ2) is 5.66. The van der Waals surface area contributed by atoms with Crippen LogP contribution < -0.4 is 5.32 Å². The Bertz CT molecular complexity index is 825. The summed E-state index contributed by atoms with van der Waals surface area (Å²) in [5, 5.41) is 12.9. The van der Waals surface area contributed by atoms with Crippen LogP contribution in [-0.4, -0.2) is 32.6 Å². The lowest BCUT2D eigenvalue weighted by Gasteiger charge is -2.26. The summed E-state index contributed by atoms with van der Waals surface area (Å²) in [5.74, 6) is 1.65. The fourth-order valence-electron chi connectivity index (χ4n) is 3.29. The van der Waals surface area contributed by atoms with Gasteiger partial charge in [0.15, 0.2) is 0 Å². The lowest BCUT2D eigenvalue weighted by molar-refractivity contribution is 0.371. The third-order valence-corrected chi connectivity index (χ3v) is 4.55. The molecular weight excluding hydrogens is 288 g/mol. The molecule has 1 aliphatic heterocycles. The number of H-pyrrole nitrogens is 1. The zero-order valence-corrected chi connectivity index (χ0v) is 13.1. The Morgan fingerprint density at radius 3 is 2.83 bits per heavy atom. The number of phenols is 1. The van der Waals surface area contributed by atoms with E-state index in [4.69, 9.17) is 4.98 Å². The molecule has 0 radical (unpaired) electrons. The van der Waals surface area contributed by atoms with Crippen LogP contribution in [0.2, 0.25) is 0 Å². The number of phenolic OH excluding ortho intramolecular Hbond substituents is 1. The van der Waals surface area contributed by atoms with Crippen molar-refractivity contribution in [1.29, 1.82) is 0 Å². The minimum Gasteiger partial charge on any atom is -0.508 e. The molecule has 0 bridgehead atoms. The summed E-state index contributed by atoms with van der Waals surface area (Å²) < 4.78 is 0. The predicted octanol–water partition coefficient (Wildman–Crippen LogP) is 3.19. The molecule has 5 nitrogen and oxygen atoms in total. The van der Waals surface area contributed by atoms with Crippen molar-refractivity contribution in [3.63, 3.8) is 0 Å². The number of fused-ring (bicyclic) bond motifs is 1. The van der Waals surface area contributed by atoms with Gasteiger partial charge in [-0.05, 0) is 62.2 Å². The summed E-state index contributed by atoms with van der Waals surface area (Å²) in [5.41, 5.74) is 3.91. The Kier molecular flexibility index (Phi) is 3.50. The van der Waals surface area contributed by atoms with Gasteiger partial charge in [0.2, 0.25) is 0 Å². The molecule has 5 heteroatoms. The molecule has 1 fully saturated rings. The third-order valence-electron chi connectivity index (χ3n) is 4.55. The highest BCUT2D eigenvalue weighted by Gasteiger charge is 2.22. The number of benzene rings is 1. The molecule has 4 rings (SSSR count). The van der Waals surface area contributed by atoms with Gasteiger partial charge in [0.05, 0.1) is 17.2 Å². The second-order valence-corrected chi connectivity index (χ2v) is 6.33. The van der Waals surface area contributed by atoms with Crippen LogP contribution in [0.25, 0.3) is 22.3 Å². The molecule has 3 N–H and O–H groups in total. The standard InChI is InChI=1S/C18H20N4O/c1-11-8-13(6-7-19-11)18-20-10-17-16(22-18)9-15(21-17)12-2-4-14(23)5-3-12/h2-5,9-11,13,19,21,23H,6-8H2,1H3. The number of rotatable bonds is 2. The van der Waals surface area contributed by atoms with E-state index in [1.54, 1.807) is 12.1 Å². The van der Waals surface area contributed by atoms with Gasteiger partial charge in [-0.3, -0.25) is 0 Å². The number of aromatic nitrogens is 3. The highest BCUT2D eigenvalue weighted by Crippen LogP contribution is 2.28. The average Bonchev–Trinajstić information content (AvgIpc) is 2.98. The molecule has 0 aliphatic carbocycles. The topological polar surface area (TPSA) is 73.8 Å². The Labute approximate surface area is 134 Å². The van der Waals surface area contributed by atoms with Crippen molar-refractivity contribution in [2.24, 2.45) is 0 Å². The maximum atomic E-state index is 9.41. The van der Waals surface area contributed by atoms with E-state index in [0.29, 0.717) is 12.0 Å². The lowest BCUT2D eigenvalue weighted by atomic mass is 9.92. The summed E-state index contributed by atoms with van der Waals surface area (Å²) in [6.45, 7) is 3.24. The van der Waals surface area contributed by atoms with Crippen molar-refractivity contribution in [1.82, 2.24) is 20.3 Å². The first-order valence-corrected chi connectivity index (χ1v) is 8.07. The van der Waals surface area contributed by atoms with Crippen LogP contribution in [0.3, 0.4) is 0 Å². The van der Waals surface area contributed by atoms with Crippen molar-refractivity contribution < 1.29 is 5.11 Å². The highest BCUT2D eigenvalue weighted by molar-refractivity contribution is 5.82. The quantitative estimate of drug-likeness (QED) is 0.680. The second-order valence-electron chi connectivity index (χ2n) is 6.33. The van der Waals surface area contributed by atoms with Crippen molar-refractivity contribution in [2.75, 3.05) is 6.54 Å². The fourth-order valence-corrected chi connectivity index (χ4v) is 3.29. The van der Waals surface area contributed by atoms with Crippen molar-refractivity contribution >= 4 is 11.0 Å². The monoisotopic (exact) mass is 308 g/mol. The largest absolute Gasteiger partial charge is 0.508 e. The third kappa shape index (κ3) is 2.80. The highest BCUT2D eigenvalue weighted by atomic mass is 16.3. The van der Waals surface area contributed by atoms with Gasteiger partial charge in [0.25, 0.3) is 0 Å². The molecular formula is C18H20N4O. The Morgan fingerprint density at radius 1 is 1.22 bits per heavy atom. The van der Waals surface area contributed by atoms with Gasteiger partial charge in [0, 0.05) is 17.7 Å². The lowest BCUT2D eigenvalue weighted by Crippen LogP contribution is -2.35. The SMILES string of the molecule is CC1CC(c2ncc3[nH]c(-c4ccc(O)cc4)cc3n2)CCN1. The number of aromatic hydroxyl groups is 1. The first-order valence-electron chi connectivity index (χ1n) is 8.07. The number of nitrogens with one attached hydrogen (secondary N) is 2. The smallest absolute Gasteiger partial charge is 0.132 e. The van der Waals surface area contributed by atoms with Gasteiger partial charge in [0.1, 0.15) is 11.6 Å². The van der Waals surface area contributed by atoms with Gasteiger partial charge in [-0.25, -0.2) is 9.97 Å². The maximum absolute atomic E-state index is 9.41. The zero-order chi connectivity index (χ0) is 15.8.